The summed E-state index contributed by atoms with van der Waals surface area (Å²) in [6.07, 6.45) is 0. The van der Waals surface area contributed by atoms with Gasteiger partial charge in [0.2, 0.25) is 0 Å². The molecule has 1 aromatic rings. The van der Waals surface area contributed by atoms with Crippen LogP contribution in [0.5, 0.6) is 5.75 Å². The number of isothiocyanates is 1. The van der Waals surface area contributed by atoms with Crippen molar-refractivity contribution in [1.29, 1.82) is 0 Å². The lowest BCUT2D eigenvalue weighted by Crippen LogP contribution is -2.01. The minimum Gasteiger partial charge on any atom is -0.491 e. The van der Waals surface area contributed by atoms with Crippen molar-refractivity contribution >= 4 is 17.4 Å². The molecular formula is C10H11NOS. The van der Waals surface area contributed by atoms with Crippen LogP contribution < -0.4 is 4.74 Å². The molecule has 0 unspecified atom stereocenters. The summed E-state index contributed by atoms with van der Waals surface area (Å²) in [5, 5.41) is 2.30. The molecule has 0 heterocycles. The maximum absolute atomic E-state index is 5.46. The minimum atomic E-state index is 0.550. The Bertz CT molecular complexity index is 318. The third kappa shape index (κ3) is 3.36. The highest BCUT2D eigenvalue weighted by atomic mass is 32.1. The first-order valence-electron chi connectivity index (χ1n) is 4.06. The molecule has 0 spiro atoms. The fourth-order valence-corrected chi connectivity index (χ4v) is 1.06. The smallest absolute Gasteiger partial charge is 0.122 e. The van der Waals surface area contributed by atoms with E-state index in [0.29, 0.717) is 13.2 Å². The van der Waals surface area contributed by atoms with E-state index in [1.165, 1.54) is 0 Å². The molecule has 3 heteroatoms. The fraction of sp³-hybridized carbons (Fsp3) is 0.300. The van der Waals surface area contributed by atoms with Crippen molar-refractivity contribution in [1.82, 2.24) is 0 Å². The zero-order chi connectivity index (χ0) is 9.52. The van der Waals surface area contributed by atoms with Gasteiger partial charge in [-0.3, -0.25) is 0 Å². The van der Waals surface area contributed by atoms with Crippen LogP contribution in [0.1, 0.15) is 5.56 Å². The zero-order valence-corrected chi connectivity index (χ0v) is 8.30. The Balaban J connectivity index is 2.45. The zero-order valence-electron chi connectivity index (χ0n) is 7.49. The molecule has 0 radical (unpaired) electrons. The van der Waals surface area contributed by atoms with E-state index in [9.17, 15) is 0 Å². The molecule has 1 aromatic carbocycles. The molecule has 13 heavy (non-hydrogen) atoms. The van der Waals surface area contributed by atoms with Gasteiger partial charge in [-0.05, 0) is 30.8 Å². The molecule has 0 amide bonds. The van der Waals surface area contributed by atoms with Gasteiger partial charge in [0.05, 0.1) is 11.7 Å². The van der Waals surface area contributed by atoms with Gasteiger partial charge in [-0.25, -0.2) is 4.99 Å². The van der Waals surface area contributed by atoms with Crippen molar-refractivity contribution in [2.24, 2.45) is 4.99 Å². The van der Waals surface area contributed by atoms with E-state index in [1.54, 1.807) is 0 Å². The van der Waals surface area contributed by atoms with Gasteiger partial charge in [0.1, 0.15) is 12.4 Å². The lowest BCUT2D eigenvalue weighted by atomic mass is 10.2. The van der Waals surface area contributed by atoms with Crippen LogP contribution in [-0.4, -0.2) is 18.3 Å². The molecule has 0 atom stereocenters. The molecule has 68 valence electrons. The van der Waals surface area contributed by atoms with E-state index < -0.39 is 0 Å². The van der Waals surface area contributed by atoms with E-state index >= 15 is 0 Å². The standard InChI is InChI=1S/C10H11NOS/c1-9-4-2-3-5-10(9)12-7-6-11-8-13/h2-5H,6-7H2,1H3. The van der Waals surface area contributed by atoms with Crippen LogP contribution in [0, 0.1) is 6.92 Å². The second-order valence-electron chi connectivity index (χ2n) is 2.59. The molecule has 0 aliphatic rings. The Kier molecular flexibility index (Phi) is 4.16. The minimum absolute atomic E-state index is 0.550. The first-order valence-corrected chi connectivity index (χ1v) is 4.47. The van der Waals surface area contributed by atoms with Crippen LogP contribution in [0.15, 0.2) is 29.3 Å². The number of nitrogens with zero attached hydrogens (tertiary/aromatic N) is 1. The Morgan fingerprint density at radius 3 is 2.92 bits per heavy atom. The van der Waals surface area contributed by atoms with Gasteiger partial charge in [-0.1, -0.05) is 18.2 Å². The quantitative estimate of drug-likeness (QED) is 0.416. The molecule has 0 aliphatic heterocycles. The van der Waals surface area contributed by atoms with Crippen LogP contribution >= 0.6 is 12.2 Å². The molecule has 0 fully saturated rings. The van der Waals surface area contributed by atoms with Crippen molar-refractivity contribution in [3.63, 3.8) is 0 Å². The first kappa shape index (κ1) is 9.90. The van der Waals surface area contributed by atoms with Gasteiger partial charge >= 0.3 is 0 Å². The number of aryl methyl sites for hydroxylation is 1. The van der Waals surface area contributed by atoms with Crippen LogP contribution in [0.2, 0.25) is 0 Å². The number of para-hydroxylation sites is 1. The van der Waals surface area contributed by atoms with Crippen LogP contribution in [0.25, 0.3) is 0 Å². The lowest BCUT2D eigenvalue weighted by Gasteiger charge is -2.06. The lowest BCUT2D eigenvalue weighted by molar-refractivity contribution is 0.327. The van der Waals surface area contributed by atoms with E-state index in [2.05, 4.69) is 22.4 Å². The molecule has 0 saturated carbocycles. The van der Waals surface area contributed by atoms with Crippen molar-refractivity contribution < 1.29 is 4.74 Å². The van der Waals surface area contributed by atoms with E-state index in [-0.39, 0.29) is 0 Å². The van der Waals surface area contributed by atoms with Gasteiger partial charge in [-0.15, -0.1) is 0 Å². The highest BCUT2D eigenvalue weighted by Crippen LogP contribution is 2.15. The molecule has 1 rings (SSSR count). The number of ether oxygens (including phenoxy) is 1. The average Bonchev–Trinajstić information content (AvgIpc) is 2.15. The molecule has 2 nitrogen and oxygen atoms in total. The Labute approximate surface area is 83.3 Å². The maximum Gasteiger partial charge on any atom is 0.122 e. The third-order valence-electron chi connectivity index (χ3n) is 1.62. The van der Waals surface area contributed by atoms with E-state index in [0.717, 1.165) is 11.3 Å². The fourth-order valence-electron chi connectivity index (χ4n) is 0.965. The normalized spacial score (nSPS) is 9.00. The molecular weight excluding hydrogens is 182 g/mol. The number of hydrogen-bond donors (Lipinski definition) is 0. The highest BCUT2D eigenvalue weighted by molar-refractivity contribution is 7.78. The largest absolute Gasteiger partial charge is 0.491 e. The summed E-state index contributed by atoms with van der Waals surface area (Å²) in [5.74, 6) is 0.905. The van der Waals surface area contributed by atoms with Crippen molar-refractivity contribution in [3.8, 4) is 5.75 Å². The summed E-state index contributed by atoms with van der Waals surface area (Å²) in [4.78, 5) is 3.76. The molecule has 0 bridgehead atoms. The first-order chi connectivity index (χ1) is 6.34. The van der Waals surface area contributed by atoms with Crippen molar-refractivity contribution in [2.75, 3.05) is 13.2 Å². The molecule has 0 aliphatic carbocycles. The summed E-state index contributed by atoms with van der Waals surface area (Å²) in [6.45, 7) is 3.13. The van der Waals surface area contributed by atoms with Crippen LogP contribution in [0.4, 0.5) is 0 Å². The number of thiocarbonyl (C=S) groups is 1. The Hall–Kier alpha value is -1.18. The molecule has 0 aromatic heterocycles. The van der Waals surface area contributed by atoms with Gasteiger partial charge in [0, 0.05) is 0 Å². The summed E-state index contributed by atoms with van der Waals surface area (Å²) < 4.78 is 5.46. The van der Waals surface area contributed by atoms with E-state index in [4.69, 9.17) is 4.74 Å². The second-order valence-corrected chi connectivity index (χ2v) is 2.77. The van der Waals surface area contributed by atoms with Crippen molar-refractivity contribution in [2.45, 2.75) is 6.92 Å². The monoisotopic (exact) mass is 193 g/mol. The van der Waals surface area contributed by atoms with Crippen molar-refractivity contribution in [3.05, 3.63) is 29.8 Å². The van der Waals surface area contributed by atoms with Gasteiger partial charge in [-0.2, -0.15) is 0 Å². The van der Waals surface area contributed by atoms with E-state index in [1.807, 2.05) is 31.2 Å². The average molecular weight is 193 g/mol. The third-order valence-corrected chi connectivity index (χ3v) is 1.75. The van der Waals surface area contributed by atoms with Gasteiger partial charge < -0.3 is 4.74 Å². The number of benzene rings is 1. The summed E-state index contributed by atoms with van der Waals surface area (Å²) in [7, 11) is 0. The van der Waals surface area contributed by atoms with Gasteiger partial charge in [0.15, 0.2) is 0 Å². The predicted octanol–water partition coefficient (Wildman–Crippen LogP) is 2.48. The maximum atomic E-state index is 5.46. The molecule has 0 N–H and O–H groups in total. The van der Waals surface area contributed by atoms with Crippen LogP contribution in [0.3, 0.4) is 0 Å². The Morgan fingerprint density at radius 1 is 1.46 bits per heavy atom. The number of aliphatic imine (C=N–C) groups is 1. The van der Waals surface area contributed by atoms with Crippen LogP contribution in [-0.2, 0) is 0 Å². The topological polar surface area (TPSA) is 21.6 Å². The SMILES string of the molecule is Cc1ccccc1OCCN=C=S. The van der Waals surface area contributed by atoms with Gasteiger partial charge in [0.25, 0.3) is 0 Å². The molecule has 0 saturated heterocycles. The number of hydrogen-bond acceptors (Lipinski definition) is 3. The number of rotatable bonds is 4. The summed E-state index contributed by atoms with van der Waals surface area (Å²) in [6, 6.07) is 7.89. The predicted molar refractivity (Wildman–Crippen MR) is 56.6 cm³/mol. The Morgan fingerprint density at radius 2 is 2.23 bits per heavy atom. The highest BCUT2D eigenvalue weighted by Gasteiger charge is 1.95. The second kappa shape index (κ2) is 5.46. The summed E-state index contributed by atoms with van der Waals surface area (Å²) in [5.41, 5.74) is 1.13. The summed E-state index contributed by atoms with van der Waals surface area (Å²) >= 11 is 4.44.